The second kappa shape index (κ2) is 4.33. The number of hydrogen-bond donors (Lipinski definition) is 1. The lowest BCUT2D eigenvalue weighted by molar-refractivity contribution is -0.0462. The van der Waals surface area contributed by atoms with Crippen LogP contribution in [0.5, 0.6) is 0 Å². The lowest BCUT2D eigenvalue weighted by Crippen LogP contribution is -2.37. The zero-order valence-corrected chi connectivity index (χ0v) is 9.28. The minimum absolute atomic E-state index is 0.0719. The molecule has 4 heteroatoms. The Bertz CT molecular complexity index is 315. The second-order valence-electron chi connectivity index (χ2n) is 4.36. The maximum Gasteiger partial charge on any atom is 0.0914 e. The first-order valence-electron chi connectivity index (χ1n) is 5.57. The summed E-state index contributed by atoms with van der Waals surface area (Å²) in [6.45, 7) is 1.21. The third-order valence-electron chi connectivity index (χ3n) is 3.18. The minimum atomic E-state index is -0.0719. The van der Waals surface area contributed by atoms with Crippen LogP contribution >= 0.6 is 0 Å². The van der Waals surface area contributed by atoms with Crippen molar-refractivity contribution in [1.82, 2.24) is 9.78 Å². The monoisotopic (exact) mass is 209 g/mol. The fourth-order valence-electron chi connectivity index (χ4n) is 2.19. The molecule has 1 aliphatic carbocycles. The molecule has 0 spiro atoms. The molecule has 0 atom stereocenters. The Morgan fingerprint density at radius 2 is 2.27 bits per heavy atom. The number of nitrogens with zero attached hydrogens (tertiary/aromatic N) is 2. The van der Waals surface area contributed by atoms with Crippen LogP contribution in [0.3, 0.4) is 0 Å². The summed E-state index contributed by atoms with van der Waals surface area (Å²) in [6.07, 6.45) is 6.59. The van der Waals surface area contributed by atoms with Crippen molar-refractivity contribution in [3.05, 3.63) is 18.0 Å². The first-order valence-corrected chi connectivity index (χ1v) is 5.57. The van der Waals surface area contributed by atoms with Crippen LogP contribution in [0.25, 0.3) is 0 Å². The molecule has 0 amide bonds. The molecule has 0 saturated heterocycles. The number of nitrogens with two attached hydrogens (primary N) is 1. The minimum Gasteiger partial charge on any atom is -0.367 e. The SMILES string of the molecule is Cn1ccc(COC2(CN)CCCC2)n1. The van der Waals surface area contributed by atoms with Gasteiger partial charge in [-0.15, -0.1) is 0 Å². The van der Waals surface area contributed by atoms with Gasteiger partial charge in [0.25, 0.3) is 0 Å². The highest BCUT2D eigenvalue weighted by molar-refractivity contribution is 4.98. The van der Waals surface area contributed by atoms with E-state index in [2.05, 4.69) is 5.10 Å². The van der Waals surface area contributed by atoms with E-state index >= 15 is 0 Å². The highest BCUT2D eigenvalue weighted by atomic mass is 16.5. The highest BCUT2D eigenvalue weighted by Crippen LogP contribution is 2.32. The summed E-state index contributed by atoms with van der Waals surface area (Å²) < 4.78 is 7.73. The van der Waals surface area contributed by atoms with Gasteiger partial charge < -0.3 is 10.5 Å². The topological polar surface area (TPSA) is 53.1 Å². The lowest BCUT2D eigenvalue weighted by Gasteiger charge is -2.27. The fourth-order valence-corrected chi connectivity index (χ4v) is 2.19. The van der Waals surface area contributed by atoms with Crippen LogP contribution in [0.1, 0.15) is 31.4 Å². The van der Waals surface area contributed by atoms with Crippen molar-refractivity contribution in [2.45, 2.75) is 37.9 Å². The standard InChI is InChI=1S/C11H19N3O/c1-14-7-4-10(13-14)8-15-11(9-12)5-2-3-6-11/h4,7H,2-3,5-6,8-9,12H2,1H3. The van der Waals surface area contributed by atoms with Gasteiger partial charge in [-0.3, -0.25) is 4.68 Å². The van der Waals surface area contributed by atoms with Gasteiger partial charge in [-0.2, -0.15) is 5.10 Å². The van der Waals surface area contributed by atoms with Crippen molar-refractivity contribution in [2.75, 3.05) is 6.54 Å². The second-order valence-corrected chi connectivity index (χ2v) is 4.36. The molecular weight excluding hydrogens is 190 g/mol. The van der Waals surface area contributed by atoms with Gasteiger partial charge in [0.2, 0.25) is 0 Å². The molecule has 0 radical (unpaired) electrons. The van der Waals surface area contributed by atoms with Crippen molar-refractivity contribution in [1.29, 1.82) is 0 Å². The third kappa shape index (κ3) is 2.38. The van der Waals surface area contributed by atoms with E-state index in [1.165, 1.54) is 12.8 Å². The van der Waals surface area contributed by atoms with E-state index in [0.717, 1.165) is 18.5 Å². The molecule has 15 heavy (non-hydrogen) atoms. The Labute approximate surface area is 90.4 Å². The van der Waals surface area contributed by atoms with Gasteiger partial charge in [0.05, 0.1) is 17.9 Å². The van der Waals surface area contributed by atoms with Crippen LogP contribution in [0, 0.1) is 0 Å². The van der Waals surface area contributed by atoms with Crippen LogP contribution in [0.15, 0.2) is 12.3 Å². The van der Waals surface area contributed by atoms with Crippen LogP contribution in [-0.2, 0) is 18.4 Å². The van der Waals surface area contributed by atoms with Crippen LogP contribution in [0.2, 0.25) is 0 Å². The molecular formula is C11H19N3O. The Morgan fingerprint density at radius 1 is 1.53 bits per heavy atom. The Balaban J connectivity index is 1.91. The van der Waals surface area contributed by atoms with Crippen molar-refractivity contribution in [3.8, 4) is 0 Å². The predicted molar refractivity (Wildman–Crippen MR) is 58.3 cm³/mol. The molecule has 2 rings (SSSR count). The maximum absolute atomic E-state index is 5.94. The number of aryl methyl sites for hydroxylation is 1. The zero-order valence-electron chi connectivity index (χ0n) is 9.28. The molecule has 84 valence electrons. The van der Waals surface area contributed by atoms with Crippen LogP contribution in [-0.4, -0.2) is 21.9 Å². The van der Waals surface area contributed by atoms with E-state index in [1.54, 1.807) is 4.68 Å². The van der Waals surface area contributed by atoms with Crippen molar-refractivity contribution in [2.24, 2.45) is 12.8 Å². The average molecular weight is 209 g/mol. The first-order chi connectivity index (χ1) is 7.24. The van der Waals surface area contributed by atoms with E-state index in [9.17, 15) is 0 Å². The Hall–Kier alpha value is -0.870. The van der Waals surface area contributed by atoms with Gasteiger partial charge in [0.1, 0.15) is 0 Å². The highest BCUT2D eigenvalue weighted by Gasteiger charge is 2.33. The molecule has 1 aromatic rings. The smallest absolute Gasteiger partial charge is 0.0914 e. The number of rotatable bonds is 4. The summed E-state index contributed by atoms with van der Waals surface area (Å²) in [7, 11) is 1.91. The van der Waals surface area contributed by atoms with Gasteiger partial charge in [0.15, 0.2) is 0 Å². The van der Waals surface area contributed by atoms with Gasteiger partial charge in [-0.1, -0.05) is 12.8 Å². The third-order valence-corrected chi connectivity index (χ3v) is 3.18. The molecule has 0 unspecified atom stereocenters. The molecule has 1 aromatic heterocycles. The van der Waals surface area contributed by atoms with Gasteiger partial charge in [0, 0.05) is 19.8 Å². The normalized spacial score (nSPS) is 19.6. The van der Waals surface area contributed by atoms with Crippen molar-refractivity contribution in [3.63, 3.8) is 0 Å². The summed E-state index contributed by atoms with van der Waals surface area (Å²) >= 11 is 0. The molecule has 2 N–H and O–H groups in total. The van der Waals surface area contributed by atoms with Gasteiger partial charge in [-0.05, 0) is 18.9 Å². The summed E-state index contributed by atoms with van der Waals surface area (Å²) in [5.74, 6) is 0. The van der Waals surface area contributed by atoms with E-state index < -0.39 is 0 Å². The first kappa shape index (κ1) is 10.6. The quantitative estimate of drug-likeness (QED) is 0.811. The largest absolute Gasteiger partial charge is 0.367 e. The summed E-state index contributed by atoms with van der Waals surface area (Å²) in [5, 5.41) is 4.29. The maximum atomic E-state index is 5.94. The molecule has 1 fully saturated rings. The molecule has 0 aromatic carbocycles. The van der Waals surface area contributed by atoms with Crippen molar-refractivity contribution < 1.29 is 4.74 Å². The average Bonchev–Trinajstić information content (AvgIpc) is 2.85. The summed E-state index contributed by atoms with van der Waals surface area (Å²) in [6, 6.07) is 1.99. The van der Waals surface area contributed by atoms with Gasteiger partial charge in [-0.25, -0.2) is 0 Å². The Kier molecular flexibility index (Phi) is 3.07. The zero-order chi connectivity index (χ0) is 10.7. The molecule has 1 heterocycles. The summed E-state index contributed by atoms with van der Waals surface area (Å²) in [5.41, 5.74) is 6.70. The van der Waals surface area contributed by atoms with Crippen LogP contribution in [0.4, 0.5) is 0 Å². The van der Waals surface area contributed by atoms with Crippen LogP contribution < -0.4 is 5.73 Å². The van der Waals surface area contributed by atoms with Crippen molar-refractivity contribution >= 4 is 0 Å². The molecule has 0 aliphatic heterocycles. The fraction of sp³-hybridized carbons (Fsp3) is 0.727. The van der Waals surface area contributed by atoms with Gasteiger partial charge >= 0.3 is 0 Å². The van der Waals surface area contributed by atoms with E-state index in [1.807, 2.05) is 19.3 Å². The molecule has 4 nitrogen and oxygen atoms in total. The Morgan fingerprint density at radius 3 is 2.80 bits per heavy atom. The summed E-state index contributed by atoms with van der Waals surface area (Å²) in [4.78, 5) is 0. The number of hydrogen-bond acceptors (Lipinski definition) is 3. The number of ether oxygens (including phenoxy) is 1. The predicted octanol–water partition coefficient (Wildman–Crippen LogP) is 1.21. The lowest BCUT2D eigenvalue weighted by atomic mass is 10.0. The number of aromatic nitrogens is 2. The molecule has 1 aliphatic rings. The molecule has 0 bridgehead atoms. The molecule has 1 saturated carbocycles. The van der Waals surface area contributed by atoms with E-state index in [-0.39, 0.29) is 5.60 Å². The van der Waals surface area contributed by atoms with E-state index in [4.69, 9.17) is 10.5 Å². The van der Waals surface area contributed by atoms with E-state index in [0.29, 0.717) is 13.2 Å².